The van der Waals surface area contributed by atoms with Gasteiger partial charge in [-0.15, -0.1) is 12.4 Å². The van der Waals surface area contributed by atoms with E-state index >= 15 is 0 Å². The van der Waals surface area contributed by atoms with Crippen molar-refractivity contribution in [1.29, 1.82) is 0 Å². The van der Waals surface area contributed by atoms with Crippen LogP contribution in [-0.4, -0.2) is 31.1 Å². The Morgan fingerprint density at radius 3 is 2.71 bits per heavy atom. The molecule has 1 aliphatic heterocycles. The molecule has 1 saturated heterocycles. The Morgan fingerprint density at radius 1 is 1.35 bits per heavy atom. The van der Waals surface area contributed by atoms with Gasteiger partial charge in [0, 0.05) is 12.1 Å². The highest BCUT2D eigenvalue weighted by Gasteiger charge is 2.21. The van der Waals surface area contributed by atoms with Crippen molar-refractivity contribution in [3.05, 3.63) is 28.2 Å². The summed E-state index contributed by atoms with van der Waals surface area (Å²) in [5.74, 6) is 0.787. The van der Waals surface area contributed by atoms with E-state index < -0.39 is 0 Å². The summed E-state index contributed by atoms with van der Waals surface area (Å²) in [4.78, 5) is 2.33. The van der Waals surface area contributed by atoms with Crippen LogP contribution in [0.25, 0.3) is 0 Å². The van der Waals surface area contributed by atoms with Gasteiger partial charge in [-0.05, 0) is 38.6 Å². The van der Waals surface area contributed by atoms with Gasteiger partial charge in [0.25, 0.3) is 0 Å². The summed E-state index contributed by atoms with van der Waals surface area (Å²) in [6.45, 7) is 1.88. The molecule has 5 heteroatoms. The molecule has 1 fully saturated rings. The van der Waals surface area contributed by atoms with Crippen molar-refractivity contribution >= 4 is 35.6 Å². The maximum atomic E-state index is 5.92. The molecule has 0 spiro atoms. The van der Waals surface area contributed by atoms with Crippen LogP contribution in [0.15, 0.2) is 18.2 Å². The second kappa shape index (κ2) is 6.69. The molecule has 2 nitrogen and oxygen atoms in total. The SMILES string of the molecule is CN1CCC[C@H]1COc1ccc(Cl)c(Cl)c1.Cl. The van der Waals surface area contributed by atoms with E-state index in [1.54, 1.807) is 12.1 Å². The lowest BCUT2D eigenvalue weighted by Crippen LogP contribution is -2.30. The first-order valence-electron chi connectivity index (χ1n) is 5.45. The molecule has 1 aliphatic rings. The van der Waals surface area contributed by atoms with Crippen molar-refractivity contribution in [3.63, 3.8) is 0 Å². The second-order valence-electron chi connectivity index (χ2n) is 4.16. The standard InChI is InChI=1S/C12H15Cl2NO.ClH/c1-15-6-2-3-9(15)8-16-10-4-5-11(13)12(14)7-10;/h4-5,7,9H,2-3,6,8H2,1H3;1H/t9-;/m0./s1. The molecule has 0 saturated carbocycles. The van der Waals surface area contributed by atoms with Crippen molar-refractivity contribution in [1.82, 2.24) is 4.90 Å². The van der Waals surface area contributed by atoms with Gasteiger partial charge in [0.2, 0.25) is 0 Å². The van der Waals surface area contributed by atoms with Crippen molar-refractivity contribution in [3.8, 4) is 5.75 Å². The van der Waals surface area contributed by atoms with E-state index in [0.29, 0.717) is 22.7 Å². The van der Waals surface area contributed by atoms with Gasteiger partial charge in [-0.1, -0.05) is 23.2 Å². The minimum atomic E-state index is 0. The highest BCUT2D eigenvalue weighted by atomic mass is 35.5. The van der Waals surface area contributed by atoms with Crippen LogP contribution >= 0.6 is 35.6 Å². The summed E-state index contributed by atoms with van der Waals surface area (Å²) >= 11 is 11.8. The third-order valence-corrected chi connectivity index (χ3v) is 3.74. The van der Waals surface area contributed by atoms with Gasteiger partial charge in [-0.25, -0.2) is 0 Å². The zero-order valence-corrected chi connectivity index (χ0v) is 12.0. The monoisotopic (exact) mass is 295 g/mol. The average Bonchev–Trinajstić information content (AvgIpc) is 2.66. The van der Waals surface area contributed by atoms with Crippen LogP contribution in [-0.2, 0) is 0 Å². The van der Waals surface area contributed by atoms with Crippen molar-refractivity contribution in [2.75, 3.05) is 20.2 Å². The van der Waals surface area contributed by atoms with Crippen LogP contribution in [0.4, 0.5) is 0 Å². The van der Waals surface area contributed by atoms with Gasteiger partial charge in [-0.2, -0.15) is 0 Å². The molecule has 96 valence electrons. The third kappa shape index (κ3) is 3.92. The van der Waals surface area contributed by atoms with Crippen molar-refractivity contribution < 1.29 is 4.74 Å². The van der Waals surface area contributed by atoms with E-state index in [1.807, 2.05) is 6.07 Å². The summed E-state index contributed by atoms with van der Waals surface area (Å²) < 4.78 is 5.71. The van der Waals surface area contributed by atoms with Gasteiger partial charge in [0.1, 0.15) is 12.4 Å². The normalized spacial score (nSPS) is 20.1. The zero-order valence-electron chi connectivity index (χ0n) is 9.66. The molecule has 1 aromatic rings. The number of ether oxygens (including phenoxy) is 1. The second-order valence-corrected chi connectivity index (χ2v) is 4.98. The zero-order chi connectivity index (χ0) is 11.5. The summed E-state index contributed by atoms with van der Waals surface area (Å²) in [7, 11) is 2.13. The third-order valence-electron chi connectivity index (χ3n) is 3.00. The first-order valence-corrected chi connectivity index (χ1v) is 6.20. The molecule has 2 rings (SSSR count). The van der Waals surface area contributed by atoms with Crippen molar-refractivity contribution in [2.24, 2.45) is 0 Å². The molecule has 0 aromatic heterocycles. The topological polar surface area (TPSA) is 12.5 Å². The first kappa shape index (κ1) is 14.9. The lowest BCUT2D eigenvalue weighted by Gasteiger charge is -2.19. The number of likely N-dealkylation sites (N-methyl/N-ethyl adjacent to an activating group) is 1. The number of hydrogen-bond donors (Lipinski definition) is 0. The molecule has 1 atom stereocenters. The largest absolute Gasteiger partial charge is 0.492 e. The highest BCUT2D eigenvalue weighted by molar-refractivity contribution is 6.42. The molecular weight excluding hydrogens is 280 g/mol. The number of halogens is 3. The minimum Gasteiger partial charge on any atom is -0.492 e. The highest BCUT2D eigenvalue weighted by Crippen LogP contribution is 2.26. The van der Waals surface area contributed by atoms with E-state index in [4.69, 9.17) is 27.9 Å². The van der Waals surface area contributed by atoms with E-state index in [-0.39, 0.29) is 12.4 Å². The molecule has 0 amide bonds. The van der Waals surface area contributed by atoms with Crippen LogP contribution in [0.3, 0.4) is 0 Å². The van der Waals surface area contributed by atoms with Gasteiger partial charge >= 0.3 is 0 Å². The molecule has 0 unspecified atom stereocenters. The maximum absolute atomic E-state index is 5.92. The molecule has 0 N–H and O–H groups in total. The number of benzene rings is 1. The quantitative estimate of drug-likeness (QED) is 0.839. The Balaban J connectivity index is 0.00000144. The fourth-order valence-electron chi connectivity index (χ4n) is 1.95. The smallest absolute Gasteiger partial charge is 0.120 e. The predicted molar refractivity (Wildman–Crippen MR) is 74.9 cm³/mol. The summed E-state index contributed by atoms with van der Waals surface area (Å²) in [5.41, 5.74) is 0. The van der Waals surface area contributed by atoms with E-state index in [9.17, 15) is 0 Å². The van der Waals surface area contributed by atoms with Gasteiger partial charge in [0.05, 0.1) is 10.0 Å². The number of rotatable bonds is 3. The van der Waals surface area contributed by atoms with Gasteiger partial charge in [-0.3, -0.25) is 0 Å². The fraction of sp³-hybridized carbons (Fsp3) is 0.500. The van der Waals surface area contributed by atoms with Crippen LogP contribution in [0.2, 0.25) is 10.0 Å². The number of hydrogen-bond acceptors (Lipinski definition) is 2. The first-order chi connectivity index (χ1) is 7.66. The van der Waals surface area contributed by atoms with Gasteiger partial charge in [0.15, 0.2) is 0 Å². The van der Waals surface area contributed by atoms with Crippen molar-refractivity contribution in [2.45, 2.75) is 18.9 Å². The Hall–Kier alpha value is -0.150. The summed E-state index contributed by atoms with van der Waals surface area (Å²) in [6, 6.07) is 5.90. The van der Waals surface area contributed by atoms with E-state index in [2.05, 4.69) is 11.9 Å². The Morgan fingerprint density at radius 2 is 2.12 bits per heavy atom. The lowest BCUT2D eigenvalue weighted by atomic mass is 10.2. The minimum absolute atomic E-state index is 0. The van der Waals surface area contributed by atoms with Crippen LogP contribution in [0, 0.1) is 0 Å². The summed E-state index contributed by atoms with van der Waals surface area (Å²) in [5, 5.41) is 1.10. The average molecular weight is 297 g/mol. The van der Waals surface area contributed by atoms with Crippen LogP contribution in [0.1, 0.15) is 12.8 Å². The van der Waals surface area contributed by atoms with E-state index in [1.165, 1.54) is 12.8 Å². The molecular formula is C12H16Cl3NO. The maximum Gasteiger partial charge on any atom is 0.120 e. The van der Waals surface area contributed by atoms with E-state index in [0.717, 1.165) is 12.3 Å². The fourth-order valence-corrected chi connectivity index (χ4v) is 2.24. The lowest BCUT2D eigenvalue weighted by molar-refractivity contribution is 0.198. The molecule has 0 radical (unpaired) electrons. The molecule has 1 aromatic carbocycles. The predicted octanol–water partition coefficient (Wildman–Crippen LogP) is 3.89. The number of nitrogens with zero attached hydrogens (tertiary/aromatic N) is 1. The molecule has 0 bridgehead atoms. The molecule has 0 aliphatic carbocycles. The molecule has 1 heterocycles. The number of likely N-dealkylation sites (tertiary alicyclic amines) is 1. The Labute approximate surface area is 118 Å². The Kier molecular flexibility index (Phi) is 5.87. The Bertz CT molecular complexity index is 373. The van der Waals surface area contributed by atoms with Crippen LogP contribution < -0.4 is 4.74 Å². The van der Waals surface area contributed by atoms with Gasteiger partial charge < -0.3 is 9.64 Å². The summed E-state index contributed by atoms with van der Waals surface area (Å²) in [6.07, 6.45) is 2.46. The molecule has 17 heavy (non-hydrogen) atoms. The van der Waals surface area contributed by atoms with Crippen LogP contribution in [0.5, 0.6) is 5.75 Å².